The minimum absolute atomic E-state index is 0.0582. The van der Waals surface area contributed by atoms with Crippen LogP contribution in [0.5, 0.6) is 0 Å². The van der Waals surface area contributed by atoms with Crippen molar-refractivity contribution in [2.45, 2.75) is 38.5 Å². The van der Waals surface area contributed by atoms with E-state index in [2.05, 4.69) is 5.18 Å². The van der Waals surface area contributed by atoms with E-state index >= 15 is 0 Å². The normalized spacial score (nSPS) is 16.4. The molecule has 25 heavy (non-hydrogen) atoms. The molecule has 0 N–H and O–H groups in total. The van der Waals surface area contributed by atoms with Crippen LogP contribution in [-0.4, -0.2) is 74.6 Å². The molecule has 10 nitrogen and oxygen atoms in total. The Morgan fingerprint density at radius 1 is 1.12 bits per heavy atom. The molecule has 0 atom stereocenters. The van der Waals surface area contributed by atoms with Gasteiger partial charge in [0.2, 0.25) is 5.72 Å². The summed E-state index contributed by atoms with van der Waals surface area (Å²) in [7, 11) is 1.59. The second-order valence-corrected chi connectivity index (χ2v) is 5.80. The zero-order chi connectivity index (χ0) is 18.9. The van der Waals surface area contributed by atoms with Gasteiger partial charge in [-0.3, -0.25) is 19.3 Å². The number of hydrogen-bond acceptors (Lipinski definition) is 10. The van der Waals surface area contributed by atoms with Crippen molar-refractivity contribution in [1.82, 2.24) is 4.90 Å². The molecule has 0 unspecified atom stereocenters. The second-order valence-electron chi connectivity index (χ2n) is 5.80. The largest absolute Gasteiger partial charge is 0.464 e. The van der Waals surface area contributed by atoms with Crippen LogP contribution in [-0.2, 0) is 33.3 Å². The Labute approximate surface area is 145 Å². The molecule has 1 rings (SSSR count). The maximum atomic E-state index is 12.1. The van der Waals surface area contributed by atoms with E-state index in [1.165, 1.54) is 18.7 Å². The lowest BCUT2D eigenvalue weighted by molar-refractivity contribution is -0.170. The van der Waals surface area contributed by atoms with Gasteiger partial charge < -0.3 is 18.9 Å². The van der Waals surface area contributed by atoms with Crippen molar-refractivity contribution in [3.63, 3.8) is 0 Å². The average Bonchev–Trinajstić information content (AvgIpc) is 2.54. The molecule has 1 aliphatic rings. The van der Waals surface area contributed by atoms with Crippen molar-refractivity contribution in [1.29, 1.82) is 0 Å². The first-order valence-electron chi connectivity index (χ1n) is 7.89. The zero-order valence-electron chi connectivity index (χ0n) is 14.7. The first-order valence-corrected chi connectivity index (χ1v) is 7.89. The highest BCUT2D eigenvalue weighted by Gasteiger charge is 2.38. The van der Waals surface area contributed by atoms with Gasteiger partial charge in [-0.15, -0.1) is 4.91 Å². The van der Waals surface area contributed by atoms with Crippen LogP contribution in [0.4, 0.5) is 0 Å². The lowest BCUT2D eigenvalue weighted by Gasteiger charge is -2.31. The highest BCUT2D eigenvalue weighted by molar-refractivity contribution is 5.72. The smallest absolute Gasteiger partial charge is 0.322 e. The van der Waals surface area contributed by atoms with E-state index in [0.29, 0.717) is 0 Å². The highest BCUT2D eigenvalue weighted by Crippen LogP contribution is 2.26. The van der Waals surface area contributed by atoms with Crippen LogP contribution < -0.4 is 0 Å². The molecule has 1 heterocycles. The van der Waals surface area contributed by atoms with E-state index in [1.807, 2.05) is 0 Å². The van der Waals surface area contributed by atoms with Crippen LogP contribution in [0.1, 0.15) is 26.7 Å². The molecule has 0 spiro atoms. The summed E-state index contributed by atoms with van der Waals surface area (Å²) in [5.41, 5.74) is -1.41. The summed E-state index contributed by atoms with van der Waals surface area (Å²) < 4.78 is 20.2. The number of carbonyl (C=O) groups is 3. The minimum atomic E-state index is -1.41. The molecule has 0 aromatic heterocycles. The Kier molecular flexibility index (Phi) is 8.42. The number of esters is 3. The number of carbonyl (C=O) groups excluding carboxylic acids is 3. The van der Waals surface area contributed by atoms with Crippen molar-refractivity contribution < 1.29 is 33.3 Å². The minimum Gasteiger partial charge on any atom is -0.464 e. The number of rotatable bonds is 9. The fourth-order valence-corrected chi connectivity index (χ4v) is 2.21. The number of likely N-dealkylation sites (N-methyl/N-ethyl adjacent to an activating group) is 1. The maximum absolute atomic E-state index is 12.1. The first-order chi connectivity index (χ1) is 11.8. The SMILES string of the molecule is CC(=O)OCC(COC(C)=O)N(C)CC(=O)OC1(N=O)CCOCC1. The Hall–Kier alpha value is -2.07. The van der Waals surface area contributed by atoms with Crippen LogP contribution in [0.15, 0.2) is 5.18 Å². The Morgan fingerprint density at radius 3 is 2.08 bits per heavy atom. The van der Waals surface area contributed by atoms with Gasteiger partial charge in [0.25, 0.3) is 0 Å². The molecule has 0 saturated carbocycles. The second kappa shape index (κ2) is 10.0. The number of nitroso groups, excluding NO2 is 1. The van der Waals surface area contributed by atoms with Gasteiger partial charge >= 0.3 is 17.9 Å². The summed E-state index contributed by atoms with van der Waals surface area (Å²) in [6, 6.07) is -0.532. The molecule has 0 aliphatic carbocycles. The van der Waals surface area contributed by atoms with Gasteiger partial charge in [-0.2, -0.15) is 0 Å². The fourth-order valence-electron chi connectivity index (χ4n) is 2.21. The quantitative estimate of drug-likeness (QED) is 0.323. The third-order valence-electron chi connectivity index (χ3n) is 3.70. The van der Waals surface area contributed by atoms with E-state index in [1.54, 1.807) is 7.05 Å². The molecule has 0 aromatic rings. The lowest BCUT2D eigenvalue weighted by atomic mass is 10.1. The molecule has 0 radical (unpaired) electrons. The van der Waals surface area contributed by atoms with Crippen molar-refractivity contribution in [2.24, 2.45) is 5.18 Å². The Morgan fingerprint density at radius 2 is 1.64 bits per heavy atom. The third kappa shape index (κ3) is 7.57. The van der Waals surface area contributed by atoms with Crippen molar-refractivity contribution >= 4 is 17.9 Å². The van der Waals surface area contributed by atoms with Crippen LogP contribution >= 0.6 is 0 Å². The number of hydrogen-bond donors (Lipinski definition) is 0. The summed E-state index contributed by atoms with van der Waals surface area (Å²) in [5, 5.41) is 2.96. The third-order valence-corrected chi connectivity index (χ3v) is 3.70. The van der Waals surface area contributed by atoms with Crippen LogP contribution in [0.25, 0.3) is 0 Å². The molecular weight excluding hydrogens is 336 g/mol. The summed E-state index contributed by atoms with van der Waals surface area (Å²) in [6.45, 7) is 2.77. The molecule has 0 bridgehead atoms. The van der Waals surface area contributed by atoms with Crippen LogP contribution in [0.3, 0.4) is 0 Å². The van der Waals surface area contributed by atoms with Crippen molar-refractivity contribution in [3.8, 4) is 0 Å². The predicted molar refractivity (Wildman–Crippen MR) is 84.4 cm³/mol. The molecule has 1 aliphatic heterocycles. The molecule has 1 saturated heterocycles. The Balaban J connectivity index is 2.61. The van der Waals surface area contributed by atoms with E-state index in [-0.39, 0.29) is 45.8 Å². The van der Waals surface area contributed by atoms with Crippen LogP contribution in [0.2, 0.25) is 0 Å². The fraction of sp³-hybridized carbons (Fsp3) is 0.800. The zero-order valence-corrected chi connectivity index (χ0v) is 14.7. The summed E-state index contributed by atoms with van der Waals surface area (Å²) in [5.74, 6) is -1.63. The van der Waals surface area contributed by atoms with E-state index in [9.17, 15) is 19.3 Å². The van der Waals surface area contributed by atoms with Gasteiger partial charge in [0.15, 0.2) is 0 Å². The van der Waals surface area contributed by atoms with Gasteiger partial charge in [-0.1, -0.05) is 0 Å². The van der Waals surface area contributed by atoms with Gasteiger partial charge in [-0.25, -0.2) is 0 Å². The molecule has 0 aromatic carbocycles. The first kappa shape index (κ1) is 21.0. The summed E-state index contributed by atoms with van der Waals surface area (Å²) >= 11 is 0. The molecule has 10 heteroatoms. The monoisotopic (exact) mass is 360 g/mol. The summed E-state index contributed by atoms with van der Waals surface area (Å²) in [6.07, 6.45) is 0.409. The Bertz CT molecular complexity index is 472. The maximum Gasteiger partial charge on any atom is 0.322 e. The van der Waals surface area contributed by atoms with E-state index < -0.39 is 29.7 Å². The van der Waals surface area contributed by atoms with Gasteiger partial charge in [0.1, 0.15) is 13.2 Å². The molecular formula is C15H24N2O8. The van der Waals surface area contributed by atoms with Crippen LogP contribution in [0, 0.1) is 4.91 Å². The molecule has 1 fully saturated rings. The highest BCUT2D eigenvalue weighted by atomic mass is 16.6. The van der Waals surface area contributed by atoms with E-state index in [4.69, 9.17) is 18.9 Å². The van der Waals surface area contributed by atoms with Crippen molar-refractivity contribution in [3.05, 3.63) is 4.91 Å². The molecule has 0 amide bonds. The van der Waals surface area contributed by atoms with Crippen molar-refractivity contribution in [2.75, 3.05) is 40.0 Å². The van der Waals surface area contributed by atoms with Gasteiger partial charge in [0.05, 0.1) is 25.8 Å². The average molecular weight is 360 g/mol. The number of ether oxygens (including phenoxy) is 4. The lowest BCUT2D eigenvalue weighted by Crippen LogP contribution is -2.46. The summed E-state index contributed by atoms with van der Waals surface area (Å²) in [4.78, 5) is 46.7. The van der Waals surface area contributed by atoms with Gasteiger partial charge in [-0.05, 0) is 12.2 Å². The number of nitrogens with zero attached hydrogens (tertiary/aromatic N) is 2. The topological polar surface area (TPSA) is 121 Å². The predicted octanol–water partition coefficient (Wildman–Crippen LogP) is 0.229. The molecule has 142 valence electrons. The van der Waals surface area contributed by atoms with E-state index in [0.717, 1.165) is 0 Å². The standard InChI is InChI=1S/C15H24N2O8/c1-11(18)23-9-13(10-24-12(2)19)17(3)8-14(20)25-15(16-21)4-6-22-7-5-15/h13H,4-10H2,1-3H3. The van der Waals surface area contributed by atoms with Gasteiger partial charge in [0, 0.05) is 26.7 Å².